The topological polar surface area (TPSA) is 83.8 Å². The number of anilines is 2. The van der Waals surface area contributed by atoms with Gasteiger partial charge in [0.15, 0.2) is 0 Å². The Morgan fingerprint density at radius 1 is 1.06 bits per heavy atom. The Balaban J connectivity index is 1.20. The van der Waals surface area contributed by atoms with Gasteiger partial charge in [-0.3, -0.25) is 9.97 Å². The summed E-state index contributed by atoms with van der Waals surface area (Å²) in [6.07, 6.45) is 9.34. The van der Waals surface area contributed by atoms with Gasteiger partial charge in [-0.2, -0.15) is 5.10 Å². The molecule has 1 aliphatic heterocycles. The number of hydrogen-bond acceptors (Lipinski definition) is 8. The molecule has 1 aromatic carbocycles. The Hall–Kier alpha value is -4.08. The molecule has 1 aliphatic rings. The van der Waals surface area contributed by atoms with Crippen LogP contribution >= 0.6 is 11.3 Å². The third-order valence-electron chi connectivity index (χ3n) is 6.06. The Labute approximate surface area is 207 Å². The minimum absolute atomic E-state index is 0.728. The van der Waals surface area contributed by atoms with Crippen molar-refractivity contribution in [2.24, 2.45) is 0 Å². The average Bonchev–Trinajstić information content (AvgIpc) is 3.60. The molecule has 9 heteroatoms. The van der Waals surface area contributed by atoms with Crippen LogP contribution in [0.5, 0.6) is 0 Å². The number of hydrogen-bond donors (Lipinski definition) is 2. The highest BCUT2D eigenvalue weighted by molar-refractivity contribution is 7.12. The van der Waals surface area contributed by atoms with Gasteiger partial charge < -0.3 is 15.5 Å². The lowest BCUT2D eigenvalue weighted by Gasteiger charge is -2.31. The summed E-state index contributed by atoms with van der Waals surface area (Å²) in [4.78, 5) is 15.8. The van der Waals surface area contributed by atoms with E-state index in [1.54, 1.807) is 4.68 Å². The van der Waals surface area contributed by atoms with Gasteiger partial charge in [0.05, 0.1) is 40.7 Å². The largest absolute Gasteiger partial charge is 0.367 e. The molecule has 0 spiro atoms. The van der Waals surface area contributed by atoms with Crippen molar-refractivity contribution in [3.05, 3.63) is 85.0 Å². The van der Waals surface area contributed by atoms with E-state index in [0.717, 1.165) is 76.1 Å². The van der Waals surface area contributed by atoms with Crippen molar-refractivity contribution in [3.63, 3.8) is 0 Å². The van der Waals surface area contributed by atoms with Crippen LogP contribution in [0.1, 0.15) is 5.69 Å². The Bertz CT molecular complexity index is 1500. The first kappa shape index (κ1) is 21.5. The number of rotatable bonds is 6. The summed E-state index contributed by atoms with van der Waals surface area (Å²) in [6, 6.07) is 12.3. The van der Waals surface area contributed by atoms with Crippen molar-refractivity contribution in [1.82, 2.24) is 30.0 Å². The molecule has 8 nitrogen and oxygen atoms in total. The summed E-state index contributed by atoms with van der Waals surface area (Å²) in [5, 5.41) is 15.3. The fraction of sp³-hybridized carbons (Fsp3) is 0.154. The molecular weight excluding hydrogens is 456 g/mol. The van der Waals surface area contributed by atoms with E-state index in [9.17, 15) is 0 Å². The molecule has 5 aromatic rings. The van der Waals surface area contributed by atoms with Crippen LogP contribution in [-0.2, 0) is 0 Å². The molecule has 35 heavy (non-hydrogen) atoms. The molecule has 174 valence electrons. The molecule has 2 N–H and O–H groups in total. The van der Waals surface area contributed by atoms with Crippen LogP contribution in [0.2, 0.25) is 0 Å². The van der Waals surface area contributed by atoms with E-state index in [1.165, 1.54) is 11.3 Å². The van der Waals surface area contributed by atoms with E-state index in [1.807, 2.05) is 54.6 Å². The van der Waals surface area contributed by atoms with Crippen molar-refractivity contribution in [2.75, 3.05) is 36.4 Å². The van der Waals surface area contributed by atoms with Crippen LogP contribution < -0.4 is 15.5 Å². The molecular formula is C26H24N8S. The second kappa shape index (κ2) is 9.28. The first-order chi connectivity index (χ1) is 17.2. The number of piperazine rings is 1. The average molecular weight is 481 g/mol. The van der Waals surface area contributed by atoms with Crippen molar-refractivity contribution < 1.29 is 0 Å². The number of pyridine rings is 2. The van der Waals surface area contributed by atoms with E-state index < -0.39 is 0 Å². The predicted octanol–water partition coefficient (Wildman–Crippen LogP) is 4.43. The van der Waals surface area contributed by atoms with Gasteiger partial charge >= 0.3 is 0 Å². The van der Waals surface area contributed by atoms with Crippen molar-refractivity contribution in [2.45, 2.75) is 0 Å². The van der Waals surface area contributed by atoms with E-state index in [-0.39, 0.29) is 0 Å². The molecule has 0 unspecified atom stereocenters. The van der Waals surface area contributed by atoms with Crippen molar-refractivity contribution >= 4 is 39.3 Å². The highest BCUT2D eigenvalue weighted by Crippen LogP contribution is 2.29. The number of aromatic nitrogens is 5. The molecule has 0 atom stereocenters. The standard InChI is InChI=1S/C26H24N8S/c1-18(31-23-15-28-8-6-25(23)33-11-9-27-10-12-33)24-17-35-26(32-24)34-16-21(14-30-34)19-4-5-22-20(13-19)3-2-7-29-22/h2-8,13-17,27,31H,1,9-12H2. The summed E-state index contributed by atoms with van der Waals surface area (Å²) in [5.41, 5.74) is 6.67. The zero-order valence-corrected chi connectivity index (χ0v) is 19.9. The number of thiazole rings is 1. The van der Waals surface area contributed by atoms with E-state index in [2.05, 4.69) is 55.4 Å². The van der Waals surface area contributed by atoms with Gasteiger partial charge in [-0.25, -0.2) is 9.67 Å². The highest BCUT2D eigenvalue weighted by Gasteiger charge is 2.16. The molecule has 0 bridgehead atoms. The maximum absolute atomic E-state index is 4.78. The summed E-state index contributed by atoms with van der Waals surface area (Å²) in [7, 11) is 0. The monoisotopic (exact) mass is 480 g/mol. The van der Waals surface area contributed by atoms with Crippen molar-refractivity contribution in [1.29, 1.82) is 0 Å². The van der Waals surface area contributed by atoms with Crippen LogP contribution in [0.3, 0.4) is 0 Å². The third kappa shape index (κ3) is 4.39. The van der Waals surface area contributed by atoms with Crippen LogP contribution in [0.15, 0.2) is 79.3 Å². The lowest BCUT2D eigenvalue weighted by Crippen LogP contribution is -2.43. The van der Waals surface area contributed by atoms with Crippen LogP contribution in [0.25, 0.3) is 32.9 Å². The maximum Gasteiger partial charge on any atom is 0.210 e. The minimum Gasteiger partial charge on any atom is -0.367 e. The van der Waals surface area contributed by atoms with Gasteiger partial charge in [0.25, 0.3) is 0 Å². The highest BCUT2D eigenvalue weighted by atomic mass is 32.1. The summed E-state index contributed by atoms with van der Waals surface area (Å²) in [6.45, 7) is 8.10. The van der Waals surface area contributed by atoms with Gasteiger partial charge in [0.1, 0.15) is 0 Å². The smallest absolute Gasteiger partial charge is 0.210 e. The summed E-state index contributed by atoms with van der Waals surface area (Å²) in [5.74, 6) is 0. The predicted molar refractivity (Wildman–Crippen MR) is 142 cm³/mol. The lowest BCUT2D eigenvalue weighted by atomic mass is 10.1. The molecule has 1 fully saturated rings. The summed E-state index contributed by atoms with van der Waals surface area (Å²) >= 11 is 1.53. The van der Waals surface area contributed by atoms with Gasteiger partial charge in [-0.15, -0.1) is 11.3 Å². The molecule has 4 aromatic heterocycles. The summed E-state index contributed by atoms with van der Waals surface area (Å²) < 4.78 is 1.81. The van der Waals surface area contributed by atoms with Gasteiger partial charge in [0.2, 0.25) is 5.13 Å². The molecule has 0 aliphatic carbocycles. The first-order valence-electron chi connectivity index (χ1n) is 11.5. The van der Waals surface area contributed by atoms with Gasteiger partial charge in [0, 0.05) is 61.1 Å². The molecule has 0 saturated carbocycles. The lowest BCUT2D eigenvalue weighted by molar-refractivity contribution is 0.589. The number of fused-ring (bicyclic) bond motifs is 1. The first-order valence-corrected chi connectivity index (χ1v) is 12.3. The number of nitrogens with zero attached hydrogens (tertiary/aromatic N) is 6. The second-order valence-electron chi connectivity index (χ2n) is 8.33. The zero-order chi connectivity index (χ0) is 23.6. The zero-order valence-electron chi connectivity index (χ0n) is 19.1. The van der Waals surface area contributed by atoms with Crippen LogP contribution in [-0.4, -0.2) is 50.9 Å². The number of nitrogens with one attached hydrogen (secondary N) is 2. The molecule has 0 radical (unpaired) electrons. The maximum atomic E-state index is 4.78. The van der Waals surface area contributed by atoms with E-state index >= 15 is 0 Å². The van der Waals surface area contributed by atoms with Gasteiger partial charge in [-0.05, 0) is 29.8 Å². The van der Waals surface area contributed by atoms with E-state index in [4.69, 9.17) is 4.98 Å². The number of benzene rings is 1. The molecule has 0 amide bonds. The van der Waals surface area contributed by atoms with Gasteiger partial charge in [-0.1, -0.05) is 18.7 Å². The molecule has 6 rings (SSSR count). The quantitative estimate of drug-likeness (QED) is 0.372. The Morgan fingerprint density at radius 3 is 2.89 bits per heavy atom. The SMILES string of the molecule is C=C(Nc1cnccc1N1CCNCC1)c1csc(-n2cc(-c3ccc4ncccc4c3)cn2)n1. The fourth-order valence-electron chi connectivity index (χ4n) is 4.23. The van der Waals surface area contributed by atoms with Crippen LogP contribution in [0, 0.1) is 0 Å². The normalized spacial score (nSPS) is 13.8. The Kier molecular flexibility index (Phi) is 5.69. The molecule has 1 saturated heterocycles. The minimum atomic E-state index is 0.728. The fourth-order valence-corrected chi connectivity index (χ4v) is 5.00. The molecule has 5 heterocycles. The van der Waals surface area contributed by atoms with E-state index in [0.29, 0.717) is 0 Å². The van der Waals surface area contributed by atoms with Crippen LogP contribution in [0.4, 0.5) is 11.4 Å². The van der Waals surface area contributed by atoms with Crippen molar-refractivity contribution in [3.8, 4) is 16.3 Å². The second-order valence-corrected chi connectivity index (χ2v) is 9.17. The third-order valence-corrected chi connectivity index (χ3v) is 6.89. The Morgan fingerprint density at radius 2 is 1.97 bits per heavy atom.